The first-order chi connectivity index (χ1) is 19.5. The summed E-state index contributed by atoms with van der Waals surface area (Å²) in [6.45, 7) is 8.60. The first-order valence-electron chi connectivity index (χ1n) is 13.7. The van der Waals surface area contributed by atoms with Gasteiger partial charge in [-0.25, -0.2) is 4.39 Å². The molecule has 4 aromatic rings. The van der Waals surface area contributed by atoms with E-state index in [0.29, 0.717) is 59.6 Å². The molecular weight excluding hydrogens is 525 g/mol. The Bertz CT molecular complexity index is 1600. The monoisotopic (exact) mass is 559 g/mol. The van der Waals surface area contributed by atoms with E-state index >= 15 is 4.39 Å². The van der Waals surface area contributed by atoms with Gasteiger partial charge in [0.05, 0.1) is 35.5 Å². The van der Waals surface area contributed by atoms with Gasteiger partial charge in [0.1, 0.15) is 17.3 Å². The molecule has 2 aromatic heterocycles. The molecule has 1 saturated heterocycles. The Balaban J connectivity index is 1.33. The number of piperidine rings is 1. The Kier molecular flexibility index (Phi) is 7.77. The van der Waals surface area contributed by atoms with Crippen LogP contribution >= 0.6 is 0 Å². The number of halogens is 1. The van der Waals surface area contributed by atoms with E-state index in [1.54, 1.807) is 71.5 Å². The highest BCUT2D eigenvalue weighted by molar-refractivity contribution is 5.99. The number of anilines is 1. The number of hydrogen-bond acceptors (Lipinski definition) is 6. The molecule has 1 aliphatic heterocycles. The van der Waals surface area contributed by atoms with Crippen LogP contribution in [0.5, 0.6) is 11.5 Å². The summed E-state index contributed by atoms with van der Waals surface area (Å²) >= 11 is 0. The van der Waals surface area contributed by atoms with E-state index in [9.17, 15) is 14.7 Å². The van der Waals surface area contributed by atoms with E-state index in [4.69, 9.17) is 4.74 Å². The maximum absolute atomic E-state index is 15.4. The number of amides is 2. The number of fused-ring (bicyclic) bond motifs is 1. The number of nitrogens with one attached hydrogen (secondary N) is 1. The Morgan fingerprint density at radius 3 is 2.59 bits per heavy atom. The number of aromatic nitrogens is 3. The molecule has 10 heteroatoms. The average molecular weight is 560 g/mol. The lowest BCUT2D eigenvalue weighted by molar-refractivity contribution is -0.115. The number of rotatable bonds is 6. The second-order valence-electron chi connectivity index (χ2n) is 11.4. The predicted molar refractivity (Wildman–Crippen MR) is 154 cm³/mol. The highest BCUT2D eigenvalue weighted by Crippen LogP contribution is 2.33. The van der Waals surface area contributed by atoms with Crippen LogP contribution in [0.3, 0.4) is 0 Å². The lowest BCUT2D eigenvalue weighted by Crippen LogP contribution is -2.40. The second-order valence-corrected chi connectivity index (χ2v) is 11.4. The van der Waals surface area contributed by atoms with Gasteiger partial charge in [0.25, 0.3) is 5.91 Å². The van der Waals surface area contributed by atoms with E-state index in [2.05, 4.69) is 15.4 Å². The molecule has 9 nitrogen and oxygen atoms in total. The molecule has 0 aliphatic carbocycles. The van der Waals surface area contributed by atoms with Gasteiger partial charge in [-0.2, -0.15) is 5.10 Å². The van der Waals surface area contributed by atoms with Gasteiger partial charge < -0.3 is 20.1 Å². The molecule has 0 atom stereocenters. The first kappa shape index (κ1) is 28.2. The van der Waals surface area contributed by atoms with Crippen LogP contribution in [0.4, 0.5) is 10.1 Å². The zero-order valence-electron chi connectivity index (χ0n) is 23.6. The number of likely N-dealkylation sites (tertiary alicyclic amines) is 1. The fourth-order valence-corrected chi connectivity index (χ4v) is 4.82. The van der Waals surface area contributed by atoms with E-state index in [1.807, 2.05) is 20.8 Å². The maximum Gasteiger partial charge on any atom is 0.253 e. The summed E-state index contributed by atoms with van der Waals surface area (Å²) in [7, 11) is 0. The summed E-state index contributed by atoms with van der Waals surface area (Å²) in [5.74, 6) is -0.269. The van der Waals surface area contributed by atoms with Crippen molar-refractivity contribution >= 4 is 28.4 Å². The van der Waals surface area contributed by atoms with Gasteiger partial charge in [0.2, 0.25) is 5.91 Å². The summed E-state index contributed by atoms with van der Waals surface area (Å²) in [4.78, 5) is 31.9. The standard InChI is InChI=1S/C31H34FN5O4/c1-19-26(8-6-20(29(19)32)16-28(39)35-22-17-34-37(18-22)31(2,3)4)41-27-9-12-33-25-7-5-21(15-24(25)27)30(40)36-13-10-23(38)11-14-36/h5-9,12,15,17-18,23,38H,10-11,13-14,16H2,1-4H3,(H,35,39). The number of pyridine rings is 1. The first-order valence-corrected chi connectivity index (χ1v) is 13.7. The molecule has 41 heavy (non-hydrogen) atoms. The lowest BCUT2D eigenvalue weighted by atomic mass is 10.0. The molecule has 2 N–H and O–H groups in total. The molecule has 214 valence electrons. The molecule has 5 rings (SSSR count). The topological polar surface area (TPSA) is 110 Å². The van der Waals surface area contributed by atoms with Gasteiger partial charge >= 0.3 is 0 Å². The average Bonchev–Trinajstić information content (AvgIpc) is 3.42. The number of nitrogens with zero attached hydrogens (tertiary/aromatic N) is 4. The fourth-order valence-electron chi connectivity index (χ4n) is 4.82. The molecule has 3 heterocycles. The van der Waals surface area contributed by atoms with Crippen LogP contribution in [0.2, 0.25) is 0 Å². The number of benzene rings is 2. The summed E-state index contributed by atoms with van der Waals surface area (Å²) in [5, 5.41) is 17.4. The third kappa shape index (κ3) is 6.22. The number of hydrogen-bond donors (Lipinski definition) is 2. The summed E-state index contributed by atoms with van der Waals surface area (Å²) in [5.41, 5.74) is 1.95. The summed E-state index contributed by atoms with van der Waals surface area (Å²) < 4.78 is 23.3. The molecule has 0 spiro atoms. The van der Waals surface area contributed by atoms with E-state index < -0.39 is 5.82 Å². The Hall–Kier alpha value is -4.31. The largest absolute Gasteiger partial charge is 0.456 e. The van der Waals surface area contributed by atoms with Crippen molar-refractivity contribution in [2.75, 3.05) is 18.4 Å². The van der Waals surface area contributed by atoms with Crippen molar-refractivity contribution in [3.63, 3.8) is 0 Å². The summed E-state index contributed by atoms with van der Waals surface area (Å²) in [6.07, 6.45) is 5.49. The van der Waals surface area contributed by atoms with E-state index in [0.717, 1.165) is 0 Å². The van der Waals surface area contributed by atoms with Crippen molar-refractivity contribution in [1.29, 1.82) is 0 Å². The van der Waals surface area contributed by atoms with Gasteiger partial charge in [-0.1, -0.05) is 6.07 Å². The zero-order chi connectivity index (χ0) is 29.3. The Morgan fingerprint density at radius 1 is 1.12 bits per heavy atom. The normalized spacial score (nSPS) is 14.3. The van der Waals surface area contributed by atoms with Crippen molar-refractivity contribution < 1.29 is 23.8 Å². The molecule has 0 saturated carbocycles. The Morgan fingerprint density at radius 2 is 1.88 bits per heavy atom. The smallest absolute Gasteiger partial charge is 0.253 e. The predicted octanol–water partition coefficient (Wildman–Crippen LogP) is 5.20. The molecule has 0 radical (unpaired) electrons. The van der Waals surface area contributed by atoms with Gasteiger partial charge in [-0.15, -0.1) is 0 Å². The highest BCUT2D eigenvalue weighted by Gasteiger charge is 2.23. The molecule has 1 aliphatic rings. The van der Waals surface area contributed by atoms with Gasteiger partial charge in [-0.05, 0) is 76.4 Å². The van der Waals surface area contributed by atoms with Crippen molar-refractivity contribution in [1.82, 2.24) is 19.7 Å². The van der Waals surface area contributed by atoms with Crippen molar-refractivity contribution in [2.45, 2.75) is 58.6 Å². The van der Waals surface area contributed by atoms with Crippen LogP contribution < -0.4 is 10.1 Å². The lowest BCUT2D eigenvalue weighted by Gasteiger charge is -2.29. The molecule has 0 bridgehead atoms. The van der Waals surface area contributed by atoms with Crippen molar-refractivity contribution in [3.05, 3.63) is 77.5 Å². The zero-order valence-corrected chi connectivity index (χ0v) is 23.6. The second kappa shape index (κ2) is 11.3. The maximum atomic E-state index is 15.4. The molecule has 0 unspecified atom stereocenters. The van der Waals surface area contributed by atoms with Gasteiger partial charge in [-0.3, -0.25) is 19.3 Å². The van der Waals surface area contributed by atoms with Crippen molar-refractivity contribution in [3.8, 4) is 11.5 Å². The number of carbonyl (C=O) groups is 2. The van der Waals surface area contributed by atoms with Gasteiger partial charge in [0, 0.05) is 42.0 Å². The van der Waals surface area contributed by atoms with E-state index in [-0.39, 0.29) is 41.0 Å². The minimum absolute atomic E-state index is 0.121. The molecule has 2 amide bonds. The molecule has 1 fully saturated rings. The Labute approximate surface area is 237 Å². The van der Waals surface area contributed by atoms with E-state index in [1.165, 1.54) is 0 Å². The number of aliphatic hydroxyl groups is 1. The quantitative estimate of drug-likeness (QED) is 0.336. The van der Waals surface area contributed by atoms with Crippen LogP contribution in [0.25, 0.3) is 10.9 Å². The molecule has 2 aromatic carbocycles. The van der Waals surface area contributed by atoms with Crippen LogP contribution in [0.15, 0.2) is 55.0 Å². The van der Waals surface area contributed by atoms with Crippen LogP contribution in [0, 0.1) is 12.7 Å². The number of ether oxygens (including phenoxy) is 1. The third-order valence-electron chi connectivity index (χ3n) is 7.24. The van der Waals surface area contributed by atoms with Crippen molar-refractivity contribution in [2.24, 2.45) is 0 Å². The van der Waals surface area contributed by atoms with Crippen LogP contribution in [0.1, 0.15) is 55.1 Å². The highest BCUT2D eigenvalue weighted by atomic mass is 19.1. The van der Waals surface area contributed by atoms with Crippen LogP contribution in [-0.2, 0) is 16.8 Å². The third-order valence-corrected chi connectivity index (χ3v) is 7.24. The van der Waals surface area contributed by atoms with Gasteiger partial charge in [0.15, 0.2) is 0 Å². The SMILES string of the molecule is Cc1c(Oc2ccnc3ccc(C(=O)N4CCC(O)CC4)cc23)ccc(CC(=O)Nc2cnn(C(C)(C)C)c2)c1F. The fraction of sp³-hybridized carbons (Fsp3) is 0.355. The number of carbonyl (C=O) groups excluding carboxylic acids is 2. The minimum Gasteiger partial charge on any atom is -0.456 e. The molecular formula is C31H34FN5O4. The minimum atomic E-state index is -0.524. The summed E-state index contributed by atoms with van der Waals surface area (Å²) in [6, 6.07) is 10.1. The van der Waals surface area contributed by atoms with Crippen LogP contribution in [-0.4, -0.2) is 55.8 Å². The number of aliphatic hydroxyl groups excluding tert-OH is 1.